The molecule has 1 N–H and O–H groups in total. The molecule has 2 atom stereocenters. The van der Waals surface area contributed by atoms with E-state index in [2.05, 4.69) is 69.1 Å². The Hall–Kier alpha value is -1.02. The zero-order valence-electron chi connectivity index (χ0n) is 13.7. The number of hydrogen-bond acceptors (Lipinski definition) is 2. The van der Waals surface area contributed by atoms with Crippen molar-refractivity contribution in [2.45, 2.75) is 59.0 Å². The second kappa shape index (κ2) is 6.17. The molecule has 1 heterocycles. The molecule has 0 amide bonds. The number of para-hydroxylation sites is 1. The van der Waals surface area contributed by atoms with Crippen LogP contribution in [-0.2, 0) is 6.42 Å². The van der Waals surface area contributed by atoms with Crippen LogP contribution in [0.5, 0.6) is 0 Å². The Morgan fingerprint density at radius 3 is 2.70 bits per heavy atom. The molecule has 2 unspecified atom stereocenters. The molecule has 2 heteroatoms. The molecule has 0 fully saturated rings. The van der Waals surface area contributed by atoms with Crippen LogP contribution in [0.3, 0.4) is 0 Å². The smallest absolute Gasteiger partial charge is 0.0401 e. The lowest BCUT2D eigenvalue weighted by molar-refractivity contribution is 0.375. The number of benzene rings is 1. The molecule has 0 saturated carbocycles. The Morgan fingerprint density at radius 1 is 1.30 bits per heavy atom. The Labute approximate surface area is 124 Å². The first-order valence-electron chi connectivity index (χ1n) is 7.96. The summed E-state index contributed by atoms with van der Waals surface area (Å²) >= 11 is 0. The minimum absolute atomic E-state index is 0.208. The van der Waals surface area contributed by atoms with Gasteiger partial charge in [-0.2, -0.15) is 0 Å². The molecule has 0 aliphatic carbocycles. The number of nitrogens with one attached hydrogen (secondary N) is 1. The van der Waals surface area contributed by atoms with Crippen LogP contribution in [0.2, 0.25) is 0 Å². The van der Waals surface area contributed by atoms with Gasteiger partial charge in [0.15, 0.2) is 0 Å². The van der Waals surface area contributed by atoms with Crippen LogP contribution in [0.25, 0.3) is 0 Å². The van der Waals surface area contributed by atoms with Crippen molar-refractivity contribution < 1.29 is 0 Å². The van der Waals surface area contributed by atoms with Gasteiger partial charge in [0.05, 0.1) is 0 Å². The molecule has 112 valence electrons. The third-order valence-corrected chi connectivity index (χ3v) is 4.15. The quantitative estimate of drug-likeness (QED) is 0.897. The maximum absolute atomic E-state index is 3.62. The highest BCUT2D eigenvalue weighted by Gasteiger charge is 2.24. The first kappa shape index (κ1) is 15.4. The standard InChI is InChI=1S/C18H30N2/c1-14(12-19-18(3,4)5)13-20-15(2)10-11-16-8-6-7-9-17(16)20/h6-9,14-15,19H,10-13H2,1-5H3. The summed E-state index contributed by atoms with van der Waals surface area (Å²) in [5, 5.41) is 3.62. The van der Waals surface area contributed by atoms with Gasteiger partial charge in [0.25, 0.3) is 0 Å². The number of anilines is 1. The van der Waals surface area contributed by atoms with Crippen LogP contribution in [0.4, 0.5) is 5.69 Å². The van der Waals surface area contributed by atoms with Crippen LogP contribution in [0, 0.1) is 5.92 Å². The van der Waals surface area contributed by atoms with Crippen molar-refractivity contribution in [2.75, 3.05) is 18.0 Å². The fourth-order valence-electron chi connectivity index (χ4n) is 2.92. The van der Waals surface area contributed by atoms with Crippen LogP contribution in [0.15, 0.2) is 24.3 Å². The molecule has 1 aromatic rings. The summed E-state index contributed by atoms with van der Waals surface area (Å²) in [6.45, 7) is 13.6. The first-order chi connectivity index (χ1) is 9.37. The highest BCUT2D eigenvalue weighted by molar-refractivity contribution is 5.56. The molecule has 2 rings (SSSR count). The Balaban J connectivity index is 2.01. The second-order valence-electron chi connectivity index (χ2n) is 7.40. The summed E-state index contributed by atoms with van der Waals surface area (Å²) in [7, 11) is 0. The maximum atomic E-state index is 3.62. The van der Waals surface area contributed by atoms with Crippen LogP contribution in [-0.4, -0.2) is 24.7 Å². The van der Waals surface area contributed by atoms with Crippen molar-refractivity contribution in [2.24, 2.45) is 5.92 Å². The van der Waals surface area contributed by atoms with Crippen molar-refractivity contribution in [1.29, 1.82) is 0 Å². The minimum atomic E-state index is 0.208. The number of nitrogens with zero attached hydrogens (tertiary/aromatic N) is 1. The first-order valence-corrected chi connectivity index (χ1v) is 7.96. The SMILES string of the molecule is CC(CNC(C)(C)C)CN1c2ccccc2CCC1C. The molecule has 1 aliphatic rings. The second-order valence-corrected chi connectivity index (χ2v) is 7.40. The number of fused-ring (bicyclic) bond motifs is 1. The van der Waals surface area contributed by atoms with E-state index in [4.69, 9.17) is 0 Å². The molecular weight excluding hydrogens is 244 g/mol. The molecular formula is C18H30N2. The van der Waals surface area contributed by atoms with E-state index in [9.17, 15) is 0 Å². The molecule has 0 radical (unpaired) electrons. The van der Waals surface area contributed by atoms with Crippen molar-refractivity contribution >= 4 is 5.69 Å². The average Bonchev–Trinajstić information content (AvgIpc) is 2.39. The maximum Gasteiger partial charge on any atom is 0.0401 e. The number of rotatable bonds is 4. The summed E-state index contributed by atoms with van der Waals surface area (Å²) in [6.07, 6.45) is 2.50. The zero-order chi connectivity index (χ0) is 14.8. The van der Waals surface area contributed by atoms with Crippen LogP contribution >= 0.6 is 0 Å². The van der Waals surface area contributed by atoms with Gasteiger partial charge >= 0.3 is 0 Å². The Bertz CT molecular complexity index is 433. The van der Waals surface area contributed by atoms with Gasteiger partial charge < -0.3 is 10.2 Å². The molecule has 0 aromatic heterocycles. The molecule has 0 spiro atoms. The highest BCUT2D eigenvalue weighted by Crippen LogP contribution is 2.30. The van der Waals surface area contributed by atoms with E-state index in [0.29, 0.717) is 12.0 Å². The van der Waals surface area contributed by atoms with Gasteiger partial charge in [0.2, 0.25) is 0 Å². The van der Waals surface area contributed by atoms with Crippen molar-refractivity contribution in [3.63, 3.8) is 0 Å². The summed E-state index contributed by atoms with van der Waals surface area (Å²) in [5.41, 5.74) is 3.18. The van der Waals surface area contributed by atoms with E-state index < -0.39 is 0 Å². The molecule has 0 bridgehead atoms. The molecule has 20 heavy (non-hydrogen) atoms. The monoisotopic (exact) mass is 274 g/mol. The molecule has 0 saturated heterocycles. The topological polar surface area (TPSA) is 15.3 Å². The van der Waals surface area contributed by atoms with Gasteiger partial charge in [-0.05, 0) is 64.6 Å². The summed E-state index contributed by atoms with van der Waals surface area (Å²) in [5.74, 6) is 0.655. The Morgan fingerprint density at radius 2 is 2.00 bits per heavy atom. The van der Waals surface area contributed by atoms with E-state index in [1.54, 1.807) is 0 Å². The van der Waals surface area contributed by atoms with E-state index in [-0.39, 0.29) is 5.54 Å². The van der Waals surface area contributed by atoms with Gasteiger partial charge in [0.1, 0.15) is 0 Å². The summed E-state index contributed by atoms with van der Waals surface area (Å²) in [4.78, 5) is 2.60. The van der Waals surface area contributed by atoms with E-state index >= 15 is 0 Å². The van der Waals surface area contributed by atoms with Crippen molar-refractivity contribution in [3.05, 3.63) is 29.8 Å². The van der Waals surface area contributed by atoms with Crippen LogP contribution < -0.4 is 10.2 Å². The lowest BCUT2D eigenvalue weighted by Crippen LogP contribution is -2.44. The van der Waals surface area contributed by atoms with Crippen molar-refractivity contribution in [1.82, 2.24) is 5.32 Å². The summed E-state index contributed by atoms with van der Waals surface area (Å²) in [6, 6.07) is 9.56. The van der Waals surface area contributed by atoms with Crippen LogP contribution in [0.1, 0.15) is 46.6 Å². The lowest BCUT2D eigenvalue weighted by Gasteiger charge is -2.39. The molecule has 1 aromatic carbocycles. The number of aryl methyl sites for hydroxylation is 1. The third kappa shape index (κ3) is 3.99. The fourth-order valence-corrected chi connectivity index (χ4v) is 2.92. The van der Waals surface area contributed by atoms with E-state index in [1.165, 1.54) is 24.1 Å². The van der Waals surface area contributed by atoms with Gasteiger partial charge in [-0.1, -0.05) is 25.1 Å². The van der Waals surface area contributed by atoms with Crippen molar-refractivity contribution in [3.8, 4) is 0 Å². The van der Waals surface area contributed by atoms with Gasteiger partial charge in [-0.3, -0.25) is 0 Å². The van der Waals surface area contributed by atoms with Gasteiger partial charge in [0, 0.05) is 23.8 Å². The summed E-state index contributed by atoms with van der Waals surface area (Å²) < 4.78 is 0. The van der Waals surface area contributed by atoms with Gasteiger partial charge in [-0.15, -0.1) is 0 Å². The fraction of sp³-hybridized carbons (Fsp3) is 0.667. The predicted molar refractivity (Wildman–Crippen MR) is 88.5 cm³/mol. The van der Waals surface area contributed by atoms with E-state index in [1.807, 2.05) is 0 Å². The third-order valence-electron chi connectivity index (χ3n) is 4.15. The molecule has 2 nitrogen and oxygen atoms in total. The molecule has 1 aliphatic heterocycles. The zero-order valence-corrected chi connectivity index (χ0v) is 13.7. The Kier molecular flexibility index (Phi) is 4.74. The normalized spacial score (nSPS) is 20.6. The number of hydrogen-bond donors (Lipinski definition) is 1. The minimum Gasteiger partial charge on any atom is -0.368 e. The largest absolute Gasteiger partial charge is 0.368 e. The van der Waals surface area contributed by atoms with Gasteiger partial charge in [-0.25, -0.2) is 0 Å². The lowest BCUT2D eigenvalue weighted by atomic mass is 9.95. The van der Waals surface area contributed by atoms with E-state index in [0.717, 1.165) is 13.1 Å². The predicted octanol–water partition coefficient (Wildman–Crippen LogP) is 3.85. The highest BCUT2D eigenvalue weighted by atomic mass is 15.2. The average molecular weight is 274 g/mol.